The van der Waals surface area contributed by atoms with E-state index < -0.39 is 0 Å². The summed E-state index contributed by atoms with van der Waals surface area (Å²) in [5, 5.41) is 11.2. The number of aromatic nitrogens is 3. The first-order valence-corrected chi connectivity index (χ1v) is 11.3. The third kappa shape index (κ3) is 7.25. The van der Waals surface area contributed by atoms with Gasteiger partial charge in [0.1, 0.15) is 11.6 Å². The minimum Gasteiger partial charge on any atom is -0.493 e. The molecule has 1 atom stereocenters. The number of nitrogens with zero attached hydrogens (tertiary/aromatic N) is 4. The van der Waals surface area contributed by atoms with Crippen LogP contribution < -0.4 is 21.1 Å². The Morgan fingerprint density at radius 3 is 2.62 bits per heavy atom. The first kappa shape index (κ1) is 26.2. The zero-order valence-electron chi connectivity index (χ0n) is 19.6. The van der Waals surface area contributed by atoms with E-state index >= 15 is 0 Å². The molecule has 0 radical (unpaired) electrons. The lowest BCUT2D eigenvalue weighted by molar-refractivity contribution is 0.271. The first-order valence-electron chi connectivity index (χ1n) is 11.3. The van der Waals surface area contributed by atoms with Crippen LogP contribution in [0.4, 0.5) is 0 Å². The number of hydrogen-bond donors (Lipinski definition) is 2. The SMILES string of the molecule is CN=C(NCCCn1nc2n(c1=O)CCCC2)NC(C)c1ccc(OCC(C)C)cc1.I. The van der Waals surface area contributed by atoms with Crippen molar-refractivity contribution in [1.29, 1.82) is 0 Å². The van der Waals surface area contributed by atoms with Crippen molar-refractivity contribution in [3.05, 3.63) is 46.1 Å². The number of aryl methyl sites for hydroxylation is 2. The van der Waals surface area contributed by atoms with Crippen molar-refractivity contribution >= 4 is 29.9 Å². The predicted molar refractivity (Wildman–Crippen MR) is 139 cm³/mol. The highest BCUT2D eigenvalue weighted by atomic mass is 127. The number of hydrogen-bond acceptors (Lipinski definition) is 4. The molecule has 178 valence electrons. The zero-order chi connectivity index (χ0) is 22.2. The Kier molecular flexibility index (Phi) is 10.5. The van der Waals surface area contributed by atoms with E-state index in [4.69, 9.17) is 4.74 Å². The van der Waals surface area contributed by atoms with E-state index in [0.29, 0.717) is 19.0 Å². The minimum absolute atomic E-state index is 0. The summed E-state index contributed by atoms with van der Waals surface area (Å²) in [6.07, 6.45) is 3.88. The van der Waals surface area contributed by atoms with E-state index in [1.165, 1.54) is 0 Å². The number of aliphatic imine (C=N–C) groups is 1. The third-order valence-electron chi connectivity index (χ3n) is 5.41. The highest BCUT2D eigenvalue weighted by Gasteiger charge is 2.16. The molecule has 0 saturated heterocycles. The molecule has 1 aliphatic rings. The van der Waals surface area contributed by atoms with Crippen LogP contribution in [0.1, 0.15) is 57.5 Å². The summed E-state index contributed by atoms with van der Waals surface area (Å²) in [5.41, 5.74) is 1.18. The second-order valence-electron chi connectivity index (χ2n) is 8.52. The smallest absolute Gasteiger partial charge is 0.345 e. The van der Waals surface area contributed by atoms with Crippen LogP contribution in [0, 0.1) is 5.92 Å². The van der Waals surface area contributed by atoms with Gasteiger partial charge < -0.3 is 15.4 Å². The highest BCUT2D eigenvalue weighted by molar-refractivity contribution is 14.0. The van der Waals surface area contributed by atoms with E-state index in [1.807, 2.05) is 16.7 Å². The van der Waals surface area contributed by atoms with Crippen molar-refractivity contribution in [3.63, 3.8) is 0 Å². The summed E-state index contributed by atoms with van der Waals surface area (Å²) in [5.74, 6) is 3.07. The Morgan fingerprint density at radius 2 is 1.97 bits per heavy atom. The van der Waals surface area contributed by atoms with E-state index in [1.54, 1.807) is 11.7 Å². The Labute approximate surface area is 207 Å². The van der Waals surface area contributed by atoms with Crippen LogP contribution in [0.5, 0.6) is 5.75 Å². The zero-order valence-corrected chi connectivity index (χ0v) is 22.0. The van der Waals surface area contributed by atoms with Crippen molar-refractivity contribution in [2.75, 3.05) is 20.2 Å². The summed E-state index contributed by atoms with van der Waals surface area (Å²) in [6, 6.07) is 8.27. The summed E-state index contributed by atoms with van der Waals surface area (Å²) >= 11 is 0. The number of fused-ring (bicyclic) bond motifs is 1. The van der Waals surface area contributed by atoms with Gasteiger partial charge in [-0.1, -0.05) is 26.0 Å². The van der Waals surface area contributed by atoms with Gasteiger partial charge in [-0.25, -0.2) is 9.48 Å². The van der Waals surface area contributed by atoms with E-state index in [9.17, 15) is 4.79 Å². The molecule has 0 bridgehead atoms. The highest BCUT2D eigenvalue weighted by Crippen LogP contribution is 2.18. The molecule has 1 aromatic heterocycles. The van der Waals surface area contributed by atoms with Crippen molar-refractivity contribution < 1.29 is 4.74 Å². The lowest BCUT2D eigenvalue weighted by Crippen LogP contribution is -2.39. The van der Waals surface area contributed by atoms with Gasteiger partial charge >= 0.3 is 5.69 Å². The summed E-state index contributed by atoms with van der Waals surface area (Å²) in [4.78, 5) is 16.7. The maximum Gasteiger partial charge on any atom is 0.345 e. The molecule has 0 saturated carbocycles. The van der Waals surface area contributed by atoms with E-state index in [-0.39, 0.29) is 35.7 Å². The largest absolute Gasteiger partial charge is 0.493 e. The number of ether oxygens (including phenoxy) is 1. The Morgan fingerprint density at radius 1 is 1.22 bits per heavy atom. The van der Waals surface area contributed by atoms with Crippen molar-refractivity contribution in [3.8, 4) is 5.75 Å². The average molecular weight is 556 g/mol. The molecule has 8 nitrogen and oxygen atoms in total. The second-order valence-corrected chi connectivity index (χ2v) is 8.52. The maximum atomic E-state index is 12.4. The Balaban J connectivity index is 0.00000363. The summed E-state index contributed by atoms with van der Waals surface area (Å²) in [7, 11) is 1.76. The van der Waals surface area contributed by atoms with Gasteiger partial charge in [-0.05, 0) is 49.8 Å². The lowest BCUT2D eigenvalue weighted by atomic mass is 10.1. The molecule has 0 fully saturated rings. The molecule has 0 spiro atoms. The van der Waals surface area contributed by atoms with Crippen LogP contribution in [-0.4, -0.2) is 40.5 Å². The van der Waals surface area contributed by atoms with Crippen LogP contribution in [0.25, 0.3) is 0 Å². The van der Waals surface area contributed by atoms with Crippen molar-refractivity contribution in [2.45, 2.75) is 65.6 Å². The van der Waals surface area contributed by atoms with Gasteiger partial charge in [0, 0.05) is 33.1 Å². The fourth-order valence-electron chi connectivity index (χ4n) is 3.63. The van der Waals surface area contributed by atoms with Gasteiger partial charge in [-0.2, -0.15) is 5.10 Å². The molecule has 3 rings (SSSR count). The molecular weight excluding hydrogens is 519 g/mol. The topological polar surface area (TPSA) is 85.5 Å². The normalized spacial score (nSPS) is 14.5. The molecule has 1 aliphatic heterocycles. The second kappa shape index (κ2) is 12.9. The molecule has 2 heterocycles. The van der Waals surface area contributed by atoms with Gasteiger partial charge in [0.2, 0.25) is 0 Å². The van der Waals surface area contributed by atoms with Crippen molar-refractivity contribution in [1.82, 2.24) is 25.0 Å². The molecule has 0 amide bonds. The van der Waals surface area contributed by atoms with Crippen LogP contribution in [0.2, 0.25) is 0 Å². The average Bonchev–Trinajstić information content (AvgIpc) is 3.10. The molecule has 32 heavy (non-hydrogen) atoms. The summed E-state index contributed by atoms with van der Waals surface area (Å²) in [6.45, 7) is 9.22. The van der Waals surface area contributed by atoms with Crippen LogP contribution in [-0.2, 0) is 19.5 Å². The first-order chi connectivity index (χ1) is 15.0. The fourth-order valence-corrected chi connectivity index (χ4v) is 3.63. The lowest BCUT2D eigenvalue weighted by Gasteiger charge is -2.19. The number of rotatable bonds is 9. The summed E-state index contributed by atoms with van der Waals surface area (Å²) < 4.78 is 9.17. The molecule has 2 N–H and O–H groups in total. The van der Waals surface area contributed by atoms with Crippen LogP contribution in [0.15, 0.2) is 34.1 Å². The minimum atomic E-state index is 0. The fraction of sp³-hybridized carbons (Fsp3) is 0.609. The van der Waals surface area contributed by atoms with Crippen LogP contribution in [0.3, 0.4) is 0 Å². The Hall–Kier alpha value is -2.04. The molecule has 1 unspecified atom stereocenters. The van der Waals surface area contributed by atoms with Gasteiger partial charge in [-0.15, -0.1) is 24.0 Å². The van der Waals surface area contributed by atoms with Gasteiger partial charge in [-0.3, -0.25) is 9.56 Å². The number of halogens is 1. The van der Waals surface area contributed by atoms with E-state index in [2.05, 4.69) is 53.6 Å². The number of guanidine groups is 1. The maximum absolute atomic E-state index is 12.4. The number of benzene rings is 1. The standard InChI is InChI=1S/C23H36N6O2.HI/c1-17(2)16-31-20-11-9-19(10-12-20)18(3)26-22(24-4)25-13-7-15-29-23(30)28-14-6-5-8-21(28)27-29;/h9-12,17-18H,5-8,13-16H2,1-4H3,(H2,24,25,26);1H. The van der Waals surface area contributed by atoms with Crippen LogP contribution >= 0.6 is 24.0 Å². The monoisotopic (exact) mass is 556 g/mol. The van der Waals surface area contributed by atoms with Gasteiger partial charge in [0.25, 0.3) is 0 Å². The van der Waals surface area contributed by atoms with Gasteiger partial charge in [0.05, 0.1) is 12.6 Å². The van der Waals surface area contributed by atoms with Gasteiger partial charge in [0.15, 0.2) is 5.96 Å². The quantitative estimate of drug-likeness (QED) is 0.214. The molecular formula is C23H37IN6O2. The third-order valence-corrected chi connectivity index (χ3v) is 5.41. The molecule has 1 aromatic carbocycles. The predicted octanol–water partition coefficient (Wildman–Crippen LogP) is 3.35. The number of nitrogens with one attached hydrogen (secondary N) is 2. The molecule has 9 heteroatoms. The Bertz CT molecular complexity index is 920. The van der Waals surface area contributed by atoms with E-state index in [0.717, 1.165) is 61.9 Å². The molecule has 2 aromatic rings. The van der Waals surface area contributed by atoms with Crippen molar-refractivity contribution in [2.24, 2.45) is 10.9 Å². The molecule has 0 aliphatic carbocycles.